The standard InChI is InChI=1S/C15H12F3NO4S/c1-10(20)11-5-7-12(8-6-11)19-24(21,22)14-4-2-3-13(9-14)23-15(16,17)18/h2-9,19H,1H3. The molecule has 0 saturated heterocycles. The molecule has 1 N–H and O–H groups in total. The Kier molecular flexibility index (Phi) is 4.83. The predicted octanol–water partition coefficient (Wildman–Crippen LogP) is 3.59. The Morgan fingerprint density at radius 2 is 1.71 bits per heavy atom. The maximum atomic E-state index is 12.2. The van der Waals surface area contributed by atoms with Crippen LogP contribution < -0.4 is 9.46 Å². The Morgan fingerprint density at radius 1 is 1.08 bits per heavy atom. The summed E-state index contributed by atoms with van der Waals surface area (Å²) in [5.74, 6) is -0.821. The Hall–Kier alpha value is -2.55. The van der Waals surface area contributed by atoms with Gasteiger partial charge in [0.25, 0.3) is 10.0 Å². The van der Waals surface area contributed by atoms with E-state index in [9.17, 15) is 26.4 Å². The van der Waals surface area contributed by atoms with E-state index < -0.39 is 22.1 Å². The number of hydrogen-bond donors (Lipinski definition) is 1. The van der Waals surface area contributed by atoms with Crippen molar-refractivity contribution in [1.82, 2.24) is 0 Å². The first-order valence-electron chi connectivity index (χ1n) is 6.56. The number of anilines is 1. The topological polar surface area (TPSA) is 72.5 Å². The molecule has 5 nitrogen and oxygen atoms in total. The van der Waals surface area contributed by atoms with Crippen LogP contribution in [0.5, 0.6) is 5.75 Å². The SMILES string of the molecule is CC(=O)c1ccc(NS(=O)(=O)c2cccc(OC(F)(F)F)c2)cc1. The van der Waals surface area contributed by atoms with Crippen molar-refractivity contribution in [3.05, 3.63) is 54.1 Å². The van der Waals surface area contributed by atoms with E-state index in [1.807, 2.05) is 0 Å². The van der Waals surface area contributed by atoms with Crippen LogP contribution in [0, 0.1) is 0 Å². The molecule has 0 heterocycles. The number of benzene rings is 2. The average Bonchev–Trinajstić information content (AvgIpc) is 2.46. The molecule has 9 heteroatoms. The largest absolute Gasteiger partial charge is 0.573 e. The number of halogens is 3. The molecule has 0 aromatic heterocycles. The fourth-order valence-corrected chi connectivity index (χ4v) is 2.92. The summed E-state index contributed by atoms with van der Waals surface area (Å²) in [7, 11) is -4.11. The summed E-state index contributed by atoms with van der Waals surface area (Å²) < 4.78 is 67.0. The molecule has 0 bridgehead atoms. The van der Waals surface area contributed by atoms with Crippen LogP contribution in [0.25, 0.3) is 0 Å². The molecule has 0 fully saturated rings. The second kappa shape index (κ2) is 6.52. The minimum Gasteiger partial charge on any atom is -0.406 e. The number of alkyl halides is 3. The summed E-state index contributed by atoms with van der Waals surface area (Å²) in [6, 6.07) is 9.65. The number of ether oxygens (including phenoxy) is 1. The first-order valence-corrected chi connectivity index (χ1v) is 8.05. The molecule has 0 saturated carbocycles. The predicted molar refractivity (Wildman–Crippen MR) is 80.4 cm³/mol. The second-order valence-electron chi connectivity index (χ2n) is 4.76. The monoisotopic (exact) mass is 359 g/mol. The van der Waals surface area contributed by atoms with Crippen LogP contribution >= 0.6 is 0 Å². The zero-order chi connectivity index (χ0) is 18.0. The molecule has 0 aliphatic heterocycles. The van der Waals surface area contributed by atoms with E-state index in [0.717, 1.165) is 24.3 Å². The fourth-order valence-electron chi connectivity index (χ4n) is 1.83. The number of ketones is 1. The first-order chi connectivity index (χ1) is 11.1. The summed E-state index contributed by atoms with van der Waals surface area (Å²) in [4.78, 5) is 10.8. The van der Waals surface area contributed by atoms with Crippen molar-refractivity contribution in [2.45, 2.75) is 18.2 Å². The van der Waals surface area contributed by atoms with Crippen molar-refractivity contribution < 1.29 is 31.1 Å². The number of nitrogens with one attached hydrogen (secondary N) is 1. The van der Waals surface area contributed by atoms with Crippen LogP contribution in [0.1, 0.15) is 17.3 Å². The Balaban J connectivity index is 2.24. The van der Waals surface area contributed by atoms with E-state index in [4.69, 9.17) is 0 Å². The smallest absolute Gasteiger partial charge is 0.406 e. The van der Waals surface area contributed by atoms with Gasteiger partial charge in [-0.25, -0.2) is 8.42 Å². The van der Waals surface area contributed by atoms with Gasteiger partial charge in [-0.3, -0.25) is 9.52 Å². The van der Waals surface area contributed by atoms with Crippen molar-refractivity contribution in [3.63, 3.8) is 0 Å². The van der Waals surface area contributed by atoms with Gasteiger partial charge in [-0.15, -0.1) is 13.2 Å². The lowest BCUT2D eigenvalue weighted by atomic mass is 10.1. The fraction of sp³-hybridized carbons (Fsp3) is 0.133. The van der Waals surface area contributed by atoms with Crippen LogP contribution in [0.4, 0.5) is 18.9 Å². The lowest BCUT2D eigenvalue weighted by molar-refractivity contribution is -0.274. The molecule has 0 aliphatic rings. The van der Waals surface area contributed by atoms with E-state index in [0.29, 0.717) is 5.56 Å². The van der Waals surface area contributed by atoms with Gasteiger partial charge in [0.15, 0.2) is 5.78 Å². The summed E-state index contributed by atoms with van der Waals surface area (Å²) >= 11 is 0. The molecule has 0 spiro atoms. The summed E-state index contributed by atoms with van der Waals surface area (Å²) in [6.07, 6.45) is -4.92. The Labute approximate surface area is 136 Å². The summed E-state index contributed by atoms with van der Waals surface area (Å²) in [5, 5.41) is 0. The van der Waals surface area contributed by atoms with Crippen molar-refractivity contribution in [2.24, 2.45) is 0 Å². The molecular weight excluding hydrogens is 347 g/mol. The van der Waals surface area contributed by atoms with Gasteiger partial charge >= 0.3 is 6.36 Å². The number of hydrogen-bond acceptors (Lipinski definition) is 4. The van der Waals surface area contributed by atoms with Gasteiger partial charge in [0.2, 0.25) is 0 Å². The van der Waals surface area contributed by atoms with Crippen molar-refractivity contribution >= 4 is 21.5 Å². The number of sulfonamides is 1. The average molecular weight is 359 g/mol. The van der Waals surface area contributed by atoms with Gasteiger partial charge in [0.1, 0.15) is 5.75 Å². The number of rotatable bonds is 5. The van der Waals surface area contributed by atoms with Crippen LogP contribution in [0.2, 0.25) is 0 Å². The van der Waals surface area contributed by atoms with Crippen LogP contribution in [0.15, 0.2) is 53.4 Å². The quantitative estimate of drug-likeness (QED) is 0.828. The number of Topliss-reactive ketones (excluding diaryl/α,β-unsaturated/α-hetero) is 1. The summed E-state index contributed by atoms with van der Waals surface area (Å²) in [6.45, 7) is 1.37. The lowest BCUT2D eigenvalue weighted by Crippen LogP contribution is -2.18. The third kappa shape index (κ3) is 4.72. The Morgan fingerprint density at radius 3 is 2.25 bits per heavy atom. The van der Waals surface area contributed by atoms with Crippen molar-refractivity contribution in [1.29, 1.82) is 0 Å². The maximum Gasteiger partial charge on any atom is 0.573 e. The molecule has 0 unspecified atom stereocenters. The minimum atomic E-state index is -4.92. The van der Waals surface area contributed by atoms with Crippen LogP contribution in [-0.2, 0) is 10.0 Å². The second-order valence-corrected chi connectivity index (χ2v) is 6.44. The third-order valence-electron chi connectivity index (χ3n) is 2.89. The van der Waals surface area contributed by atoms with E-state index in [1.165, 1.54) is 31.2 Å². The van der Waals surface area contributed by atoms with Crippen LogP contribution in [0.3, 0.4) is 0 Å². The van der Waals surface area contributed by atoms with Gasteiger partial charge in [-0.05, 0) is 43.3 Å². The highest BCUT2D eigenvalue weighted by Gasteiger charge is 2.31. The highest BCUT2D eigenvalue weighted by atomic mass is 32.2. The molecule has 128 valence electrons. The summed E-state index contributed by atoms with van der Waals surface area (Å²) in [5.41, 5.74) is 0.570. The number of carbonyl (C=O) groups is 1. The van der Waals surface area contributed by atoms with Crippen molar-refractivity contribution in [3.8, 4) is 5.75 Å². The molecule has 0 aliphatic carbocycles. The molecule has 0 radical (unpaired) electrons. The van der Waals surface area contributed by atoms with E-state index in [1.54, 1.807) is 0 Å². The highest BCUT2D eigenvalue weighted by molar-refractivity contribution is 7.92. The highest BCUT2D eigenvalue weighted by Crippen LogP contribution is 2.26. The number of carbonyl (C=O) groups excluding carboxylic acids is 1. The maximum absolute atomic E-state index is 12.2. The van der Waals surface area contributed by atoms with Gasteiger partial charge in [0.05, 0.1) is 4.90 Å². The van der Waals surface area contributed by atoms with Crippen molar-refractivity contribution in [2.75, 3.05) is 4.72 Å². The Bertz CT molecular complexity index is 846. The molecular formula is C15H12F3NO4S. The van der Waals surface area contributed by atoms with Gasteiger partial charge in [-0.2, -0.15) is 0 Å². The molecule has 0 atom stereocenters. The third-order valence-corrected chi connectivity index (χ3v) is 4.27. The van der Waals surface area contributed by atoms with E-state index in [2.05, 4.69) is 9.46 Å². The molecule has 2 aromatic rings. The van der Waals surface area contributed by atoms with Gasteiger partial charge < -0.3 is 4.74 Å². The zero-order valence-corrected chi connectivity index (χ0v) is 13.1. The van der Waals surface area contributed by atoms with Crippen LogP contribution in [-0.4, -0.2) is 20.6 Å². The lowest BCUT2D eigenvalue weighted by Gasteiger charge is -2.11. The molecule has 0 amide bonds. The van der Waals surface area contributed by atoms with E-state index >= 15 is 0 Å². The zero-order valence-electron chi connectivity index (χ0n) is 12.3. The molecule has 2 aromatic carbocycles. The first kappa shape index (κ1) is 17.8. The minimum absolute atomic E-state index is 0.169. The van der Waals surface area contributed by atoms with Gasteiger partial charge in [0, 0.05) is 17.3 Å². The molecule has 2 rings (SSSR count). The normalized spacial score (nSPS) is 11.8. The van der Waals surface area contributed by atoms with Gasteiger partial charge in [-0.1, -0.05) is 6.07 Å². The van der Waals surface area contributed by atoms with E-state index in [-0.39, 0.29) is 16.4 Å². The molecule has 24 heavy (non-hydrogen) atoms.